The predicted molar refractivity (Wildman–Crippen MR) is 108 cm³/mol. The molecule has 0 heterocycles. The summed E-state index contributed by atoms with van der Waals surface area (Å²) in [5.74, 6) is -0.751. The molecule has 2 rings (SSSR count). The number of allylic oxidation sites excluding steroid dienone is 4. The van der Waals surface area contributed by atoms with Gasteiger partial charge in [0.25, 0.3) is 0 Å². The molecular weight excluding hydrogens is 326 g/mol. The fourth-order valence-corrected chi connectivity index (χ4v) is 3.85. The van der Waals surface area contributed by atoms with E-state index in [1.807, 2.05) is 6.92 Å². The molecule has 2 heteroatoms. The van der Waals surface area contributed by atoms with Crippen molar-refractivity contribution in [2.24, 2.45) is 5.92 Å². The minimum atomic E-state index is -0.652. The van der Waals surface area contributed by atoms with E-state index in [2.05, 4.69) is 25.2 Å². The van der Waals surface area contributed by atoms with Crippen LogP contribution >= 0.6 is 0 Å². The summed E-state index contributed by atoms with van der Waals surface area (Å²) in [6, 6.07) is 3.58. The molecular formula is C24H34F2. The maximum atomic E-state index is 14.6. The van der Waals surface area contributed by atoms with Gasteiger partial charge in [-0.25, -0.2) is 8.78 Å². The Hall–Kier alpha value is -1.44. The van der Waals surface area contributed by atoms with Crippen molar-refractivity contribution in [3.63, 3.8) is 0 Å². The largest absolute Gasteiger partial charge is 0.203 e. The lowest BCUT2D eigenvalue weighted by Crippen LogP contribution is -2.05. The van der Waals surface area contributed by atoms with E-state index in [1.165, 1.54) is 32.1 Å². The molecule has 1 aliphatic carbocycles. The first-order chi connectivity index (χ1) is 12.7. The van der Waals surface area contributed by atoms with Crippen LogP contribution in [0.5, 0.6) is 0 Å². The summed E-state index contributed by atoms with van der Waals surface area (Å²) in [6.45, 7) is 4.24. The molecule has 0 nitrogen and oxygen atoms in total. The van der Waals surface area contributed by atoms with Gasteiger partial charge in [-0.15, -0.1) is 0 Å². The highest BCUT2D eigenvalue weighted by Gasteiger charge is 2.19. The van der Waals surface area contributed by atoms with E-state index >= 15 is 0 Å². The van der Waals surface area contributed by atoms with E-state index < -0.39 is 11.6 Å². The molecule has 1 aromatic carbocycles. The van der Waals surface area contributed by atoms with Crippen LogP contribution in [0.4, 0.5) is 8.78 Å². The van der Waals surface area contributed by atoms with E-state index in [1.54, 1.807) is 12.1 Å². The predicted octanol–water partition coefficient (Wildman–Crippen LogP) is 8.02. The summed E-state index contributed by atoms with van der Waals surface area (Å²) in [7, 11) is 0. The van der Waals surface area contributed by atoms with Crippen molar-refractivity contribution in [2.45, 2.75) is 84.5 Å². The first kappa shape index (κ1) is 20.9. The van der Waals surface area contributed by atoms with Crippen molar-refractivity contribution in [1.29, 1.82) is 0 Å². The standard InChI is InChI=1S/C24H34F2/c1-3-5-6-7-8-9-10-12-21-17-18-22(24(26)23(21)25)20-15-13-19(11-4-2)14-16-20/h4,11,15,17-19H,3,5-10,12-14,16H2,1-2H3/b11-4+. The van der Waals surface area contributed by atoms with Crippen molar-refractivity contribution < 1.29 is 8.78 Å². The van der Waals surface area contributed by atoms with Crippen LogP contribution in [-0.4, -0.2) is 0 Å². The second kappa shape index (κ2) is 11.3. The molecule has 0 saturated heterocycles. The van der Waals surface area contributed by atoms with E-state index in [4.69, 9.17) is 0 Å². The lowest BCUT2D eigenvalue weighted by atomic mass is 9.86. The molecule has 26 heavy (non-hydrogen) atoms. The second-order valence-electron chi connectivity index (χ2n) is 7.56. The Balaban J connectivity index is 1.90. The smallest absolute Gasteiger partial charge is 0.166 e. The maximum Gasteiger partial charge on any atom is 0.166 e. The molecule has 0 aliphatic heterocycles. The Labute approximate surface area is 158 Å². The van der Waals surface area contributed by atoms with Gasteiger partial charge in [0.05, 0.1) is 0 Å². The van der Waals surface area contributed by atoms with E-state index in [9.17, 15) is 8.78 Å². The van der Waals surface area contributed by atoms with Crippen LogP contribution in [0.1, 0.15) is 89.2 Å². The zero-order valence-corrected chi connectivity index (χ0v) is 16.5. The molecule has 1 aliphatic rings. The highest BCUT2D eigenvalue weighted by Crippen LogP contribution is 2.33. The summed E-state index contributed by atoms with van der Waals surface area (Å²) < 4.78 is 29.1. The third kappa shape index (κ3) is 6.07. The first-order valence-corrected chi connectivity index (χ1v) is 10.5. The number of benzene rings is 1. The number of hydrogen-bond donors (Lipinski definition) is 0. The quantitative estimate of drug-likeness (QED) is 0.293. The Kier molecular flexibility index (Phi) is 9.08. The fraction of sp³-hybridized carbons (Fsp3) is 0.583. The molecule has 0 saturated carbocycles. The molecule has 0 N–H and O–H groups in total. The van der Waals surface area contributed by atoms with Crippen molar-refractivity contribution in [3.05, 3.63) is 53.1 Å². The SMILES string of the molecule is C/C=C/C1CC=C(c2ccc(CCCCCCCCC)c(F)c2F)CC1. The van der Waals surface area contributed by atoms with E-state index in [0.29, 0.717) is 23.5 Å². The van der Waals surface area contributed by atoms with Crippen LogP contribution in [0.15, 0.2) is 30.4 Å². The number of unbranched alkanes of at least 4 members (excludes halogenated alkanes) is 6. The molecule has 1 atom stereocenters. The van der Waals surface area contributed by atoms with E-state index in [-0.39, 0.29) is 0 Å². The summed E-state index contributed by atoms with van der Waals surface area (Å²) >= 11 is 0. The zero-order chi connectivity index (χ0) is 18.8. The fourth-order valence-electron chi connectivity index (χ4n) is 3.85. The first-order valence-electron chi connectivity index (χ1n) is 10.5. The second-order valence-corrected chi connectivity index (χ2v) is 7.56. The minimum Gasteiger partial charge on any atom is -0.203 e. The van der Waals surface area contributed by atoms with Crippen LogP contribution < -0.4 is 0 Å². The van der Waals surface area contributed by atoms with Gasteiger partial charge in [-0.05, 0) is 56.1 Å². The summed E-state index contributed by atoms with van der Waals surface area (Å²) in [4.78, 5) is 0. The average molecular weight is 361 g/mol. The molecule has 0 aromatic heterocycles. The molecule has 0 radical (unpaired) electrons. The topological polar surface area (TPSA) is 0 Å². The molecule has 1 aromatic rings. The Morgan fingerprint density at radius 2 is 1.73 bits per heavy atom. The lowest BCUT2D eigenvalue weighted by Gasteiger charge is -2.20. The van der Waals surface area contributed by atoms with Gasteiger partial charge >= 0.3 is 0 Å². The van der Waals surface area contributed by atoms with Crippen molar-refractivity contribution >= 4 is 5.57 Å². The third-order valence-electron chi connectivity index (χ3n) is 5.47. The minimum absolute atomic E-state index is 0.463. The molecule has 0 bridgehead atoms. The maximum absolute atomic E-state index is 14.6. The van der Waals surface area contributed by atoms with Crippen molar-refractivity contribution in [3.8, 4) is 0 Å². The van der Waals surface area contributed by atoms with Gasteiger partial charge in [-0.3, -0.25) is 0 Å². The Bertz CT molecular complexity index is 613. The summed E-state index contributed by atoms with van der Waals surface area (Å²) in [5.41, 5.74) is 1.96. The Morgan fingerprint density at radius 3 is 2.38 bits per heavy atom. The summed E-state index contributed by atoms with van der Waals surface area (Å²) in [6.07, 6.45) is 18.1. The lowest BCUT2D eigenvalue weighted by molar-refractivity contribution is 0.491. The number of aryl methyl sites for hydroxylation is 1. The molecule has 0 fully saturated rings. The van der Waals surface area contributed by atoms with Crippen molar-refractivity contribution in [2.75, 3.05) is 0 Å². The van der Waals surface area contributed by atoms with Gasteiger partial charge in [0.1, 0.15) is 0 Å². The zero-order valence-electron chi connectivity index (χ0n) is 16.5. The molecule has 0 amide bonds. The van der Waals surface area contributed by atoms with Crippen LogP contribution in [0, 0.1) is 17.6 Å². The number of rotatable bonds is 10. The van der Waals surface area contributed by atoms with Gasteiger partial charge < -0.3 is 0 Å². The highest BCUT2D eigenvalue weighted by molar-refractivity contribution is 5.67. The van der Waals surface area contributed by atoms with Crippen LogP contribution in [0.3, 0.4) is 0 Å². The van der Waals surface area contributed by atoms with Crippen molar-refractivity contribution in [1.82, 2.24) is 0 Å². The van der Waals surface area contributed by atoms with Crippen LogP contribution in [0.2, 0.25) is 0 Å². The molecule has 1 unspecified atom stereocenters. The van der Waals surface area contributed by atoms with E-state index in [0.717, 1.165) is 37.7 Å². The van der Waals surface area contributed by atoms with Gasteiger partial charge in [-0.2, -0.15) is 0 Å². The highest BCUT2D eigenvalue weighted by atomic mass is 19.2. The van der Waals surface area contributed by atoms with Gasteiger partial charge in [0.15, 0.2) is 11.6 Å². The van der Waals surface area contributed by atoms with Crippen LogP contribution in [0.25, 0.3) is 5.57 Å². The normalized spacial score (nSPS) is 17.7. The number of halogens is 2. The number of hydrogen-bond acceptors (Lipinski definition) is 0. The van der Waals surface area contributed by atoms with Gasteiger partial charge in [0.2, 0.25) is 0 Å². The van der Waals surface area contributed by atoms with Gasteiger partial charge in [-0.1, -0.05) is 75.8 Å². The molecule has 0 spiro atoms. The average Bonchev–Trinajstić information content (AvgIpc) is 2.65. The van der Waals surface area contributed by atoms with Gasteiger partial charge in [0, 0.05) is 5.56 Å². The third-order valence-corrected chi connectivity index (χ3v) is 5.47. The summed E-state index contributed by atoms with van der Waals surface area (Å²) in [5, 5.41) is 0. The monoisotopic (exact) mass is 360 g/mol. The Morgan fingerprint density at radius 1 is 1.00 bits per heavy atom. The van der Waals surface area contributed by atoms with Crippen LogP contribution in [-0.2, 0) is 6.42 Å². The molecule has 144 valence electrons.